The number of hydrogen-bond donors (Lipinski definition) is 2. The van der Waals surface area contributed by atoms with Gasteiger partial charge in [0.1, 0.15) is 5.56 Å². The van der Waals surface area contributed by atoms with Gasteiger partial charge in [0, 0.05) is 31.2 Å². The van der Waals surface area contributed by atoms with Gasteiger partial charge in [0.2, 0.25) is 5.43 Å². The van der Waals surface area contributed by atoms with E-state index in [9.17, 15) is 19.5 Å². The Morgan fingerprint density at radius 3 is 2.86 bits per heavy atom. The molecule has 2 aromatic rings. The average molecular weight is 384 g/mol. The summed E-state index contributed by atoms with van der Waals surface area (Å²) < 4.78 is 7.10. The highest BCUT2D eigenvalue weighted by molar-refractivity contribution is 5.99. The number of nitrogens with zero attached hydrogens (tertiary/aromatic N) is 3. The summed E-state index contributed by atoms with van der Waals surface area (Å²) in [5.41, 5.74) is -0.374. The van der Waals surface area contributed by atoms with Crippen LogP contribution in [0.3, 0.4) is 0 Å². The molecule has 2 amide bonds. The van der Waals surface area contributed by atoms with Crippen molar-refractivity contribution in [1.29, 1.82) is 0 Å². The second-order valence-electron chi connectivity index (χ2n) is 6.94. The van der Waals surface area contributed by atoms with Crippen molar-refractivity contribution in [3.05, 3.63) is 57.8 Å². The highest BCUT2D eigenvalue weighted by Gasteiger charge is 2.40. The van der Waals surface area contributed by atoms with Gasteiger partial charge in [-0.25, -0.2) is 0 Å². The fourth-order valence-corrected chi connectivity index (χ4v) is 3.60. The third kappa shape index (κ3) is 3.03. The normalized spacial score (nSPS) is 21.0. The maximum absolute atomic E-state index is 12.8. The van der Waals surface area contributed by atoms with E-state index in [0.717, 1.165) is 5.56 Å². The van der Waals surface area contributed by atoms with Crippen molar-refractivity contribution in [3.63, 3.8) is 0 Å². The first kappa shape index (κ1) is 18.2. The lowest BCUT2D eigenvalue weighted by Gasteiger charge is -2.44. The predicted molar refractivity (Wildman–Crippen MR) is 97.8 cm³/mol. The van der Waals surface area contributed by atoms with Gasteiger partial charge in [0.05, 0.1) is 13.2 Å². The van der Waals surface area contributed by atoms with Gasteiger partial charge < -0.3 is 24.6 Å². The molecule has 4 heterocycles. The highest BCUT2D eigenvalue weighted by atomic mass is 16.5. The zero-order valence-electron chi connectivity index (χ0n) is 15.3. The Labute approximate surface area is 160 Å². The summed E-state index contributed by atoms with van der Waals surface area (Å²) in [5.74, 6) is -1.81. The lowest BCUT2D eigenvalue weighted by molar-refractivity contribution is -0.112. The van der Waals surface area contributed by atoms with Crippen LogP contribution in [0, 0.1) is 0 Å². The topological polar surface area (TPSA) is 114 Å². The molecule has 0 unspecified atom stereocenters. The molecule has 1 fully saturated rings. The summed E-state index contributed by atoms with van der Waals surface area (Å²) in [7, 11) is 0. The first-order valence-electron chi connectivity index (χ1n) is 9.05. The van der Waals surface area contributed by atoms with E-state index in [4.69, 9.17) is 4.74 Å². The van der Waals surface area contributed by atoms with Crippen LogP contribution in [-0.2, 0) is 17.8 Å². The quantitative estimate of drug-likeness (QED) is 0.795. The van der Waals surface area contributed by atoms with E-state index in [0.29, 0.717) is 13.0 Å². The lowest BCUT2D eigenvalue weighted by Crippen LogP contribution is -2.57. The molecule has 0 aromatic carbocycles. The number of rotatable bonds is 3. The van der Waals surface area contributed by atoms with Gasteiger partial charge in [0.15, 0.2) is 17.7 Å². The number of aromatic hydroxyl groups is 1. The van der Waals surface area contributed by atoms with Crippen LogP contribution in [0.2, 0.25) is 0 Å². The second kappa shape index (κ2) is 7.08. The SMILES string of the molecule is C[C@@H]1CCO[C@H]2Cn3cc(C(=O)NCc4ccncc4)c(=O)c(O)c3C(=O)N12. The van der Waals surface area contributed by atoms with Crippen LogP contribution in [0.1, 0.15) is 39.8 Å². The van der Waals surface area contributed by atoms with E-state index in [-0.39, 0.29) is 30.4 Å². The second-order valence-corrected chi connectivity index (χ2v) is 6.94. The van der Waals surface area contributed by atoms with Crippen molar-refractivity contribution in [2.24, 2.45) is 0 Å². The summed E-state index contributed by atoms with van der Waals surface area (Å²) in [4.78, 5) is 43.4. The van der Waals surface area contributed by atoms with Crippen LogP contribution < -0.4 is 10.7 Å². The number of ether oxygens (including phenoxy) is 1. The average Bonchev–Trinajstić information content (AvgIpc) is 2.69. The van der Waals surface area contributed by atoms with Gasteiger partial charge in [-0.1, -0.05) is 0 Å². The Hall–Kier alpha value is -3.20. The molecule has 2 aliphatic rings. The number of pyridine rings is 2. The maximum atomic E-state index is 12.8. The molecule has 146 valence electrons. The first-order valence-corrected chi connectivity index (χ1v) is 9.05. The smallest absolute Gasteiger partial charge is 0.276 e. The number of nitrogens with one attached hydrogen (secondary N) is 1. The number of fused-ring (bicyclic) bond motifs is 2. The molecule has 2 aromatic heterocycles. The number of carbonyl (C=O) groups is 2. The van der Waals surface area contributed by atoms with E-state index >= 15 is 0 Å². The first-order chi connectivity index (χ1) is 13.5. The summed E-state index contributed by atoms with van der Waals surface area (Å²) >= 11 is 0. The minimum Gasteiger partial charge on any atom is -0.503 e. The molecule has 4 rings (SSSR count). The van der Waals surface area contributed by atoms with Gasteiger partial charge >= 0.3 is 0 Å². The largest absolute Gasteiger partial charge is 0.503 e. The van der Waals surface area contributed by atoms with Gasteiger partial charge in [0.25, 0.3) is 11.8 Å². The van der Waals surface area contributed by atoms with Crippen LogP contribution in [0.15, 0.2) is 35.5 Å². The molecular weight excluding hydrogens is 364 g/mol. The lowest BCUT2D eigenvalue weighted by atomic mass is 10.1. The van der Waals surface area contributed by atoms with Gasteiger partial charge in [-0.15, -0.1) is 0 Å². The Morgan fingerprint density at radius 1 is 1.36 bits per heavy atom. The van der Waals surface area contributed by atoms with Crippen molar-refractivity contribution in [3.8, 4) is 5.75 Å². The number of hydrogen-bond acceptors (Lipinski definition) is 6. The molecule has 9 nitrogen and oxygen atoms in total. The molecule has 0 aliphatic carbocycles. The summed E-state index contributed by atoms with van der Waals surface area (Å²) in [5, 5.41) is 13.0. The van der Waals surface area contributed by atoms with Crippen molar-refractivity contribution in [2.75, 3.05) is 6.61 Å². The van der Waals surface area contributed by atoms with E-state index in [1.54, 1.807) is 29.4 Å². The Balaban J connectivity index is 1.65. The van der Waals surface area contributed by atoms with Crippen LogP contribution in [0.4, 0.5) is 0 Å². The van der Waals surface area contributed by atoms with Crippen LogP contribution in [0.5, 0.6) is 5.75 Å². The third-order valence-electron chi connectivity index (χ3n) is 5.12. The fourth-order valence-electron chi connectivity index (χ4n) is 3.60. The van der Waals surface area contributed by atoms with E-state index in [1.807, 2.05) is 6.92 Å². The number of amides is 2. The molecule has 0 saturated carbocycles. The minimum atomic E-state index is -0.865. The third-order valence-corrected chi connectivity index (χ3v) is 5.12. The number of carbonyl (C=O) groups excluding carboxylic acids is 2. The highest BCUT2D eigenvalue weighted by Crippen LogP contribution is 2.29. The molecule has 1 saturated heterocycles. The van der Waals surface area contributed by atoms with E-state index in [1.165, 1.54) is 10.8 Å². The van der Waals surface area contributed by atoms with Crippen LogP contribution in [-0.4, -0.2) is 50.2 Å². The maximum Gasteiger partial charge on any atom is 0.276 e. The van der Waals surface area contributed by atoms with Gasteiger partial charge in [-0.05, 0) is 31.0 Å². The van der Waals surface area contributed by atoms with Crippen molar-refractivity contribution >= 4 is 11.8 Å². The molecule has 28 heavy (non-hydrogen) atoms. The Bertz CT molecular complexity index is 988. The summed E-state index contributed by atoms with van der Waals surface area (Å²) in [6, 6.07) is 3.43. The number of aromatic nitrogens is 2. The Kier molecular flexibility index (Phi) is 4.60. The van der Waals surface area contributed by atoms with E-state index in [2.05, 4.69) is 10.3 Å². The molecule has 0 bridgehead atoms. The predicted octanol–water partition coefficient (Wildman–Crippen LogP) is 0.470. The zero-order valence-corrected chi connectivity index (χ0v) is 15.3. The summed E-state index contributed by atoms with van der Waals surface area (Å²) in [6.45, 7) is 2.87. The molecule has 9 heteroatoms. The fraction of sp³-hybridized carbons (Fsp3) is 0.368. The van der Waals surface area contributed by atoms with Crippen molar-refractivity contribution in [2.45, 2.75) is 38.7 Å². The standard InChI is InChI=1S/C19H20N4O5/c1-11-4-7-28-14-10-22-9-13(16(24)17(25)15(22)19(27)23(11)14)18(26)21-8-12-2-5-20-6-3-12/h2-3,5-6,9,11,14,25H,4,7-8,10H2,1H3,(H,21,26)/t11-,14+/m1/s1. The summed E-state index contributed by atoms with van der Waals surface area (Å²) in [6.07, 6.45) is 4.71. The monoisotopic (exact) mass is 384 g/mol. The Morgan fingerprint density at radius 2 is 2.11 bits per heavy atom. The van der Waals surface area contributed by atoms with Crippen LogP contribution >= 0.6 is 0 Å². The zero-order chi connectivity index (χ0) is 19.8. The van der Waals surface area contributed by atoms with Crippen molar-refractivity contribution < 1.29 is 19.4 Å². The molecule has 0 radical (unpaired) electrons. The minimum absolute atomic E-state index is 0.0576. The molecule has 2 N–H and O–H groups in total. The van der Waals surface area contributed by atoms with Gasteiger partial charge in [-0.3, -0.25) is 19.4 Å². The molecular formula is C19H20N4O5. The van der Waals surface area contributed by atoms with Gasteiger partial charge in [-0.2, -0.15) is 0 Å². The molecule has 2 aliphatic heterocycles. The van der Waals surface area contributed by atoms with E-state index < -0.39 is 29.2 Å². The van der Waals surface area contributed by atoms with Crippen LogP contribution in [0.25, 0.3) is 0 Å². The molecule has 0 spiro atoms. The van der Waals surface area contributed by atoms with Crippen molar-refractivity contribution in [1.82, 2.24) is 19.8 Å². The molecule has 2 atom stereocenters.